The van der Waals surface area contributed by atoms with Crippen molar-refractivity contribution in [2.45, 2.75) is 39.7 Å². The number of nitrogens with zero attached hydrogens (tertiary/aromatic N) is 6. The third-order valence-electron chi connectivity index (χ3n) is 5.05. The molecule has 1 aliphatic heterocycles. The molecule has 0 atom stereocenters. The summed E-state index contributed by atoms with van der Waals surface area (Å²) >= 11 is 1.60. The fraction of sp³-hybridized carbons (Fsp3) is 0.455. The molecule has 1 N–H and O–H groups in total. The van der Waals surface area contributed by atoms with Crippen molar-refractivity contribution in [3.63, 3.8) is 0 Å². The van der Waals surface area contributed by atoms with Crippen molar-refractivity contribution in [2.75, 3.05) is 37.4 Å². The van der Waals surface area contributed by atoms with Crippen LogP contribution < -0.4 is 10.2 Å². The molecule has 7 nitrogen and oxygen atoms in total. The van der Waals surface area contributed by atoms with Gasteiger partial charge in [0.2, 0.25) is 0 Å². The van der Waals surface area contributed by atoms with E-state index in [9.17, 15) is 0 Å². The standard InChI is InChI=1S/C20H25N7S.C2H6/c1-14-23-18(12-19(24-14)27-10-6-16(7-11-27)26(2)3)25-20-22-13-17(28-20)15-4-8-21-9-5-15;1-2/h4-5,8-9,12-13,16H,6-7,10-11H2,1-3H3,(H,22,23,24,25);1-2H3. The summed E-state index contributed by atoms with van der Waals surface area (Å²) in [6.45, 7) is 7.97. The molecule has 1 saturated heterocycles. The lowest BCUT2D eigenvalue weighted by molar-refractivity contribution is 0.249. The van der Waals surface area contributed by atoms with Crippen LogP contribution in [0, 0.1) is 6.92 Å². The molecule has 3 aromatic heterocycles. The van der Waals surface area contributed by atoms with E-state index in [0.29, 0.717) is 6.04 Å². The molecular weight excluding hydrogens is 394 g/mol. The summed E-state index contributed by atoms with van der Waals surface area (Å²) in [6.07, 6.45) is 7.77. The van der Waals surface area contributed by atoms with E-state index in [0.717, 1.165) is 59.0 Å². The maximum atomic E-state index is 4.66. The molecule has 1 aliphatic rings. The second-order valence-electron chi connectivity index (χ2n) is 7.23. The number of hydrogen-bond acceptors (Lipinski definition) is 8. The summed E-state index contributed by atoms with van der Waals surface area (Å²) in [7, 11) is 4.32. The first-order valence-corrected chi connectivity index (χ1v) is 11.3. The highest BCUT2D eigenvalue weighted by molar-refractivity contribution is 7.18. The molecule has 3 aromatic rings. The van der Waals surface area contributed by atoms with Gasteiger partial charge >= 0.3 is 0 Å². The largest absolute Gasteiger partial charge is 0.356 e. The molecule has 160 valence electrons. The summed E-state index contributed by atoms with van der Waals surface area (Å²) in [5, 5.41) is 4.17. The summed E-state index contributed by atoms with van der Waals surface area (Å²) in [6, 6.07) is 6.65. The van der Waals surface area contributed by atoms with Crippen LogP contribution in [0.1, 0.15) is 32.5 Å². The average Bonchev–Trinajstić information content (AvgIpc) is 3.24. The van der Waals surface area contributed by atoms with Gasteiger partial charge in [0.05, 0.1) is 4.88 Å². The Morgan fingerprint density at radius 2 is 1.80 bits per heavy atom. The summed E-state index contributed by atoms with van der Waals surface area (Å²) in [4.78, 5) is 23.5. The van der Waals surface area contributed by atoms with E-state index in [1.165, 1.54) is 0 Å². The third-order valence-corrected chi connectivity index (χ3v) is 6.01. The fourth-order valence-corrected chi connectivity index (χ4v) is 4.31. The zero-order valence-corrected chi connectivity index (χ0v) is 19.3. The summed E-state index contributed by atoms with van der Waals surface area (Å²) < 4.78 is 0. The first-order valence-electron chi connectivity index (χ1n) is 10.5. The van der Waals surface area contributed by atoms with Gasteiger partial charge in [0.25, 0.3) is 0 Å². The molecule has 0 aliphatic carbocycles. The van der Waals surface area contributed by atoms with Crippen LogP contribution in [0.25, 0.3) is 10.4 Å². The van der Waals surface area contributed by atoms with E-state index in [-0.39, 0.29) is 0 Å². The fourth-order valence-electron chi connectivity index (χ4n) is 3.48. The van der Waals surface area contributed by atoms with E-state index in [1.54, 1.807) is 23.7 Å². The molecular formula is C22H31N7S. The van der Waals surface area contributed by atoms with Gasteiger partial charge in [0.15, 0.2) is 5.13 Å². The molecule has 4 rings (SSSR count). The second-order valence-corrected chi connectivity index (χ2v) is 8.26. The van der Waals surface area contributed by atoms with Crippen LogP contribution in [0.4, 0.5) is 16.8 Å². The van der Waals surface area contributed by atoms with Crippen LogP contribution in [-0.2, 0) is 0 Å². The Morgan fingerprint density at radius 1 is 1.10 bits per heavy atom. The van der Waals surface area contributed by atoms with E-state index >= 15 is 0 Å². The quantitative estimate of drug-likeness (QED) is 0.640. The van der Waals surface area contributed by atoms with E-state index in [1.807, 2.05) is 45.2 Å². The number of piperidine rings is 1. The molecule has 4 heterocycles. The minimum Gasteiger partial charge on any atom is -0.356 e. The number of rotatable bonds is 5. The molecule has 0 aromatic carbocycles. The van der Waals surface area contributed by atoms with Gasteiger partial charge in [0, 0.05) is 43.8 Å². The van der Waals surface area contributed by atoms with Crippen molar-refractivity contribution in [1.29, 1.82) is 0 Å². The van der Waals surface area contributed by atoms with Crippen LogP contribution in [-0.4, -0.2) is 58.1 Å². The second kappa shape index (κ2) is 10.4. The highest BCUT2D eigenvalue weighted by atomic mass is 32.1. The highest BCUT2D eigenvalue weighted by Crippen LogP contribution is 2.30. The van der Waals surface area contributed by atoms with Crippen LogP contribution >= 0.6 is 11.3 Å². The van der Waals surface area contributed by atoms with Crippen LogP contribution in [0.5, 0.6) is 0 Å². The minimum absolute atomic E-state index is 0.652. The zero-order chi connectivity index (χ0) is 21.5. The highest BCUT2D eigenvalue weighted by Gasteiger charge is 2.22. The minimum atomic E-state index is 0.652. The van der Waals surface area contributed by atoms with E-state index in [2.05, 4.69) is 49.1 Å². The number of pyridine rings is 1. The molecule has 8 heteroatoms. The predicted molar refractivity (Wildman–Crippen MR) is 126 cm³/mol. The maximum Gasteiger partial charge on any atom is 0.188 e. The van der Waals surface area contributed by atoms with Crippen LogP contribution in [0.2, 0.25) is 0 Å². The number of nitrogens with one attached hydrogen (secondary N) is 1. The van der Waals surface area contributed by atoms with Gasteiger partial charge in [0.1, 0.15) is 17.5 Å². The lowest BCUT2D eigenvalue weighted by Crippen LogP contribution is -2.42. The van der Waals surface area contributed by atoms with Crippen LogP contribution in [0.3, 0.4) is 0 Å². The lowest BCUT2D eigenvalue weighted by atomic mass is 10.0. The molecule has 0 radical (unpaired) electrons. The lowest BCUT2D eigenvalue weighted by Gasteiger charge is -2.35. The SMILES string of the molecule is CC.Cc1nc(Nc2ncc(-c3ccncc3)s2)cc(N2CCC(N(C)C)CC2)n1. The van der Waals surface area contributed by atoms with Crippen molar-refractivity contribution in [3.8, 4) is 10.4 Å². The third kappa shape index (κ3) is 5.52. The Hall–Kier alpha value is -2.58. The first kappa shape index (κ1) is 22.1. The normalized spacial score (nSPS) is 14.4. The Kier molecular flexibility index (Phi) is 7.70. The van der Waals surface area contributed by atoms with Gasteiger partial charge in [-0.15, -0.1) is 0 Å². The number of thiazole rings is 1. The van der Waals surface area contributed by atoms with Crippen molar-refractivity contribution in [2.24, 2.45) is 0 Å². The van der Waals surface area contributed by atoms with Gasteiger partial charge in [-0.2, -0.15) is 0 Å². The molecule has 0 bridgehead atoms. The van der Waals surface area contributed by atoms with Gasteiger partial charge in [-0.05, 0) is 51.6 Å². The Balaban J connectivity index is 0.00000124. The molecule has 0 amide bonds. The molecule has 0 saturated carbocycles. The Labute approximate surface area is 183 Å². The van der Waals surface area contributed by atoms with Crippen molar-refractivity contribution < 1.29 is 0 Å². The molecule has 0 unspecified atom stereocenters. The zero-order valence-electron chi connectivity index (χ0n) is 18.5. The van der Waals surface area contributed by atoms with E-state index in [4.69, 9.17) is 0 Å². The average molecular weight is 426 g/mol. The monoisotopic (exact) mass is 425 g/mol. The number of aromatic nitrogens is 4. The van der Waals surface area contributed by atoms with Gasteiger partial charge in [-0.3, -0.25) is 4.98 Å². The Morgan fingerprint density at radius 3 is 2.47 bits per heavy atom. The summed E-state index contributed by atoms with van der Waals surface area (Å²) in [5.74, 6) is 2.53. The summed E-state index contributed by atoms with van der Waals surface area (Å²) in [5.41, 5.74) is 1.11. The van der Waals surface area contributed by atoms with E-state index < -0.39 is 0 Å². The Bertz CT molecular complexity index is 918. The number of anilines is 3. The van der Waals surface area contributed by atoms with Crippen molar-refractivity contribution in [3.05, 3.63) is 42.6 Å². The maximum absolute atomic E-state index is 4.66. The van der Waals surface area contributed by atoms with Crippen molar-refractivity contribution >= 4 is 28.1 Å². The smallest absolute Gasteiger partial charge is 0.188 e. The van der Waals surface area contributed by atoms with Crippen LogP contribution in [0.15, 0.2) is 36.8 Å². The molecule has 1 fully saturated rings. The van der Waals surface area contributed by atoms with Gasteiger partial charge < -0.3 is 15.1 Å². The number of aryl methyl sites for hydroxylation is 1. The topological polar surface area (TPSA) is 70.1 Å². The molecule has 30 heavy (non-hydrogen) atoms. The van der Waals surface area contributed by atoms with Gasteiger partial charge in [-0.25, -0.2) is 15.0 Å². The number of hydrogen-bond donors (Lipinski definition) is 1. The molecule has 0 spiro atoms. The van der Waals surface area contributed by atoms with Gasteiger partial charge in [-0.1, -0.05) is 25.2 Å². The first-order chi connectivity index (χ1) is 14.6. The predicted octanol–water partition coefficient (Wildman–Crippen LogP) is 4.60. The van der Waals surface area contributed by atoms with Crippen molar-refractivity contribution in [1.82, 2.24) is 24.8 Å².